The van der Waals surface area contributed by atoms with Crippen LogP contribution in [0.1, 0.15) is 19.4 Å². The lowest BCUT2D eigenvalue weighted by Gasteiger charge is -2.24. The van der Waals surface area contributed by atoms with Crippen molar-refractivity contribution in [3.8, 4) is 0 Å². The van der Waals surface area contributed by atoms with Crippen molar-refractivity contribution in [2.45, 2.75) is 26.4 Å². The highest BCUT2D eigenvalue weighted by Crippen LogP contribution is 2.13. The predicted molar refractivity (Wildman–Crippen MR) is 66.2 cm³/mol. The average Bonchev–Trinajstić information content (AvgIpc) is 2.15. The minimum Gasteiger partial charge on any atom is -0.369 e. The molecule has 0 heterocycles. The van der Waals surface area contributed by atoms with Crippen molar-refractivity contribution < 1.29 is 4.79 Å². The van der Waals surface area contributed by atoms with Gasteiger partial charge in [-0.15, -0.1) is 0 Å². The third kappa shape index (κ3) is 4.21. The fraction of sp³-hybridized carbons (Fsp3) is 0.417. The Bertz CT molecular complexity index is 366. The van der Waals surface area contributed by atoms with Gasteiger partial charge >= 0.3 is 0 Å². The van der Waals surface area contributed by atoms with Crippen LogP contribution in [0.4, 0.5) is 0 Å². The van der Waals surface area contributed by atoms with Crippen LogP contribution in [0.3, 0.4) is 0 Å². The van der Waals surface area contributed by atoms with Gasteiger partial charge in [-0.25, -0.2) is 0 Å². The van der Waals surface area contributed by atoms with Gasteiger partial charge in [-0.05, 0) is 31.5 Å². The highest BCUT2D eigenvalue weighted by Gasteiger charge is 2.12. The molecule has 1 rings (SSSR count). The van der Waals surface area contributed by atoms with Gasteiger partial charge < -0.3 is 5.73 Å². The van der Waals surface area contributed by atoms with E-state index in [1.165, 1.54) is 0 Å². The normalized spacial score (nSPS) is 11.1. The summed E-state index contributed by atoms with van der Waals surface area (Å²) in [6, 6.07) is 7.89. The molecule has 3 nitrogen and oxygen atoms in total. The number of hydrogen-bond acceptors (Lipinski definition) is 2. The maximum atomic E-state index is 10.9. The Hall–Kier alpha value is -1.06. The van der Waals surface area contributed by atoms with Gasteiger partial charge in [0.25, 0.3) is 0 Å². The van der Waals surface area contributed by atoms with Gasteiger partial charge in [-0.1, -0.05) is 23.7 Å². The molecule has 0 aromatic heterocycles. The van der Waals surface area contributed by atoms with E-state index in [4.69, 9.17) is 17.3 Å². The quantitative estimate of drug-likeness (QED) is 0.856. The number of hydrogen-bond donors (Lipinski definition) is 1. The number of carbonyl (C=O) groups is 1. The maximum absolute atomic E-state index is 10.9. The largest absolute Gasteiger partial charge is 0.369 e. The summed E-state index contributed by atoms with van der Waals surface area (Å²) in [5.41, 5.74) is 6.29. The fourth-order valence-corrected chi connectivity index (χ4v) is 1.70. The molecule has 0 aliphatic carbocycles. The lowest BCUT2D eigenvalue weighted by Crippen LogP contribution is -2.37. The van der Waals surface area contributed by atoms with Crippen LogP contribution < -0.4 is 5.73 Å². The molecule has 0 spiro atoms. The van der Waals surface area contributed by atoms with Crippen molar-refractivity contribution in [2.24, 2.45) is 5.73 Å². The number of nitrogens with zero attached hydrogens (tertiary/aromatic N) is 1. The van der Waals surface area contributed by atoms with E-state index in [1.807, 2.05) is 43.0 Å². The molecule has 0 bridgehead atoms. The summed E-state index contributed by atoms with van der Waals surface area (Å²) in [7, 11) is 0. The fourth-order valence-electron chi connectivity index (χ4n) is 1.49. The zero-order valence-corrected chi connectivity index (χ0v) is 10.4. The highest BCUT2D eigenvalue weighted by molar-refractivity contribution is 6.30. The van der Waals surface area contributed by atoms with E-state index in [-0.39, 0.29) is 18.5 Å². The summed E-state index contributed by atoms with van der Waals surface area (Å²) >= 11 is 5.90. The Morgan fingerprint density at radius 2 is 2.19 bits per heavy atom. The van der Waals surface area contributed by atoms with E-state index in [0.29, 0.717) is 11.6 Å². The number of halogens is 1. The Kier molecular flexibility index (Phi) is 4.77. The molecule has 0 radical (unpaired) electrons. The van der Waals surface area contributed by atoms with Crippen molar-refractivity contribution >= 4 is 17.5 Å². The second-order valence-electron chi connectivity index (χ2n) is 4.09. The first-order valence-electron chi connectivity index (χ1n) is 5.26. The molecule has 0 aliphatic rings. The molecule has 0 unspecified atom stereocenters. The van der Waals surface area contributed by atoms with E-state index in [9.17, 15) is 4.79 Å². The van der Waals surface area contributed by atoms with E-state index in [1.54, 1.807) is 0 Å². The number of benzene rings is 1. The van der Waals surface area contributed by atoms with Crippen LogP contribution in [0.15, 0.2) is 24.3 Å². The first-order valence-corrected chi connectivity index (χ1v) is 5.63. The van der Waals surface area contributed by atoms with Crippen LogP contribution in [-0.4, -0.2) is 23.4 Å². The van der Waals surface area contributed by atoms with Crippen LogP contribution in [0.25, 0.3) is 0 Å². The molecule has 0 saturated carbocycles. The van der Waals surface area contributed by atoms with Gasteiger partial charge in [0.05, 0.1) is 6.54 Å². The minimum atomic E-state index is -0.310. The van der Waals surface area contributed by atoms with Gasteiger partial charge in [-0.3, -0.25) is 9.69 Å². The molecule has 16 heavy (non-hydrogen) atoms. The summed E-state index contributed by atoms with van der Waals surface area (Å²) in [6.45, 7) is 5.02. The van der Waals surface area contributed by atoms with Crippen LogP contribution in [-0.2, 0) is 11.3 Å². The summed E-state index contributed by atoms with van der Waals surface area (Å²) in [5.74, 6) is -0.310. The first kappa shape index (κ1) is 13.0. The Balaban J connectivity index is 2.71. The summed E-state index contributed by atoms with van der Waals surface area (Å²) in [4.78, 5) is 12.9. The minimum absolute atomic E-state index is 0.268. The van der Waals surface area contributed by atoms with Crippen molar-refractivity contribution in [1.82, 2.24) is 4.90 Å². The van der Waals surface area contributed by atoms with Crippen LogP contribution in [0.5, 0.6) is 0 Å². The van der Waals surface area contributed by atoms with Crippen molar-refractivity contribution in [2.75, 3.05) is 6.54 Å². The van der Waals surface area contributed by atoms with E-state index in [2.05, 4.69) is 0 Å². The number of primary amides is 1. The predicted octanol–water partition coefficient (Wildman–Crippen LogP) is 2.04. The molecule has 88 valence electrons. The Morgan fingerprint density at radius 1 is 1.50 bits per heavy atom. The zero-order valence-electron chi connectivity index (χ0n) is 9.61. The average molecular weight is 241 g/mol. The second kappa shape index (κ2) is 5.87. The first-order chi connectivity index (χ1) is 7.49. The van der Waals surface area contributed by atoms with E-state index < -0.39 is 0 Å². The van der Waals surface area contributed by atoms with Crippen LogP contribution in [0.2, 0.25) is 5.02 Å². The number of carbonyl (C=O) groups excluding carboxylic acids is 1. The molecule has 1 aromatic rings. The van der Waals surface area contributed by atoms with Crippen molar-refractivity contribution in [1.29, 1.82) is 0 Å². The molecular weight excluding hydrogens is 224 g/mol. The monoisotopic (exact) mass is 240 g/mol. The SMILES string of the molecule is CC(C)N(CC(N)=O)Cc1cccc(Cl)c1. The lowest BCUT2D eigenvalue weighted by atomic mass is 10.2. The topological polar surface area (TPSA) is 46.3 Å². The summed E-state index contributed by atoms with van der Waals surface area (Å²) in [6.07, 6.45) is 0. The standard InChI is InChI=1S/C12H17ClN2O/c1-9(2)15(8-12(14)16)7-10-4-3-5-11(13)6-10/h3-6,9H,7-8H2,1-2H3,(H2,14,16). The third-order valence-corrected chi connectivity index (χ3v) is 2.60. The highest BCUT2D eigenvalue weighted by atomic mass is 35.5. The number of rotatable bonds is 5. The number of nitrogens with two attached hydrogens (primary N) is 1. The Labute approximate surface area is 101 Å². The zero-order chi connectivity index (χ0) is 12.1. The molecule has 2 N–H and O–H groups in total. The summed E-state index contributed by atoms with van der Waals surface area (Å²) in [5, 5.41) is 0.709. The van der Waals surface area contributed by atoms with Gasteiger partial charge in [0.1, 0.15) is 0 Å². The molecule has 4 heteroatoms. The lowest BCUT2D eigenvalue weighted by molar-refractivity contribution is -0.119. The van der Waals surface area contributed by atoms with Gasteiger partial charge in [0.15, 0.2) is 0 Å². The molecule has 1 amide bonds. The van der Waals surface area contributed by atoms with E-state index in [0.717, 1.165) is 5.56 Å². The van der Waals surface area contributed by atoms with Crippen LogP contribution >= 0.6 is 11.6 Å². The van der Waals surface area contributed by atoms with Gasteiger partial charge in [0, 0.05) is 17.6 Å². The van der Waals surface area contributed by atoms with Crippen LogP contribution in [0, 0.1) is 0 Å². The molecule has 1 aromatic carbocycles. The second-order valence-corrected chi connectivity index (χ2v) is 4.53. The van der Waals surface area contributed by atoms with Crippen molar-refractivity contribution in [3.05, 3.63) is 34.9 Å². The molecular formula is C12H17ClN2O. The Morgan fingerprint density at radius 3 is 2.69 bits per heavy atom. The third-order valence-electron chi connectivity index (χ3n) is 2.36. The van der Waals surface area contributed by atoms with Gasteiger partial charge in [0.2, 0.25) is 5.91 Å². The summed E-state index contributed by atoms with van der Waals surface area (Å²) < 4.78 is 0. The molecule has 0 aliphatic heterocycles. The maximum Gasteiger partial charge on any atom is 0.231 e. The van der Waals surface area contributed by atoms with Gasteiger partial charge in [-0.2, -0.15) is 0 Å². The van der Waals surface area contributed by atoms with Crippen molar-refractivity contribution in [3.63, 3.8) is 0 Å². The molecule has 0 saturated heterocycles. The molecule has 0 atom stereocenters. The molecule has 0 fully saturated rings. The smallest absolute Gasteiger partial charge is 0.231 e. The number of amides is 1. The van der Waals surface area contributed by atoms with E-state index >= 15 is 0 Å².